The molecule has 1 N–H and O–H groups in total. The summed E-state index contributed by atoms with van der Waals surface area (Å²) in [5.74, 6) is 1.40. The summed E-state index contributed by atoms with van der Waals surface area (Å²) < 4.78 is 12.8. The second kappa shape index (κ2) is 7.61. The third-order valence-electron chi connectivity index (χ3n) is 3.49. The summed E-state index contributed by atoms with van der Waals surface area (Å²) in [6, 6.07) is 9.20. The lowest BCUT2D eigenvalue weighted by Gasteiger charge is -2.14. The van der Waals surface area contributed by atoms with E-state index < -0.39 is 6.10 Å². The van der Waals surface area contributed by atoms with Gasteiger partial charge in [0.1, 0.15) is 5.75 Å². The Hall–Kier alpha value is -3.16. The van der Waals surface area contributed by atoms with Crippen molar-refractivity contribution in [2.45, 2.75) is 26.5 Å². The van der Waals surface area contributed by atoms with Gasteiger partial charge in [0.2, 0.25) is 5.65 Å². The van der Waals surface area contributed by atoms with Crippen molar-refractivity contribution < 1.29 is 14.3 Å². The van der Waals surface area contributed by atoms with E-state index in [1.54, 1.807) is 35.9 Å². The molecule has 3 aromatic rings. The third kappa shape index (κ3) is 3.85. The number of aromatic nitrogens is 4. The minimum atomic E-state index is -0.623. The van der Waals surface area contributed by atoms with Crippen LogP contribution >= 0.6 is 0 Å². The van der Waals surface area contributed by atoms with Crippen LogP contribution < -0.4 is 14.8 Å². The average Bonchev–Trinajstić information content (AvgIpc) is 3.05. The highest BCUT2D eigenvalue weighted by Crippen LogP contribution is 2.15. The number of nitrogens with zero attached hydrogens (tertiary/aromatic N) is 4. The van der Waals surface area contributed by atoms with Crippen molar-refractivity contribution in [1.82, 2.24) is 24.9 Å². The molecule has 8 heteroatoms. The normalized spacial score (nSPS) is 11.9. The highest BCUT2D eigenvalue weighted by atomic mass is 16.5. The zero-order valence-electron chi connectivity index (χ0n) is 14.0. The largest absolute Gasteiger partial charge is 0.481 e. The van der Waals surface area contributed by atoms with E-state index in [0.29, 0.717) is 29.7 Å². The molecule has 1 atom stereocenters. The quantitative estimate of drug-likeness (QED) is 0.702. The van der Waals surface area contributed by atoms with Gasteiger partial charge in [-0.3, -0.25) is 9.20 Å². The van der Waals surface area contributed by atoms with Crippen molar-refractivity contribution in [1.29, 1.82) is 0 Å². The van der Waals surface area contributed by atoms with Crippen LogP contribution in [-0.2, 0) is 11.3 Å². The van der Waals surface area contributed by atoms with Crippen LogP contribution in [0.25, 0.3) is 5.65 Å². The van der Waals surface area contributed by atoms with Gasteiger partial charge in [-0.1, -0.05) is 18.2 Å². The van der Waals surface area contributed by atoms with Gasteiger partial charge in [0.15, 0.2) is 11.9 Å². The monoisotopic (exact) mass is 341 g/mol. The fraction of sp³-hybridized carbons (Fsp3) is 0.294. The number of rotatable bonds is 7. The molecule has 25 heavy (non-hydrogen) atoms. The minimum absolute atomic E-state index is 0.220. The van der Waals surface area contributed by atoms with E-state index in [1.165, 1.54) is 0 Å². The Bertz CT molecular complexity index is 850. The molecule has 3 rings (SSSR count). The number of nitrogens with one attached hydrogen (secondary N) is 1. The van der Waals surface area contributed by atoms with Gasteiger partial charge in [-0.15, -0.1) is 10.2 Å². The predicted octanol–water partition coefficient (Wildman–Crippen LogP) is 1.61. The molecule has 2 heterocycles. The second-order valence-corrected chi connectivity index (χ2v) is 5.27. The molecule has 0 saturated carbocycles. The zero-order valence-corrected chi connectivity index (χ0v) is 14.0. The summed E-state index contributed by atoms with van der Waals surface area (Å²) in [5, 5.41) is 11.0. The van der Waals surface area contributed by atoms with E-state index in [-0.39, 0.29) is 12.5 Å². The number of amides is 1. The Morgan fingerprint density at radius 2 is 2.08 bits per heavy atom. The van der Waals surface area contributed by atoms with Crippen LogP contribution in [0.15, 0.2) is 42.7 Å². The average molecular weight is 341 g/mol. The number of ether oxygens (including phenoxy) is 2. The van der Waals surface area contributed by atoms with E-state index in [2.05, 4.69) is 20.5 Å². The number of carbonyl (C=O) groups is 1. The van der Waals surface area contributed by atoms with Gasteiger partial charge < -0.3 is 14.8 Å². The fourth-order valence-corrected chi connectivity index (χ4v) is 2.28. The molecule has 0 fully saturated rings. The van der Waals surface area contributed by atoms with Crippen molar-refractivity contribution in [3.63, 3.8) is 0 Å². The maximum Gasteiger partial charge on any atom is 0.261 e. The van der Waals surface area contributed by atoms with Crippen molar-refractivity contribution >= 4 is 11.6 Å². The van der Waals surface area contributed by atoms with E-state index >= 15 is 0 Å². The van der Waals surface area contributed by atoms with Gasteiger partial charge >= 0.3 is 0 Å². The highest BCUT2D eigenvalue weighted by Gasteiger charge is 2.16. The first-order valence-corrected chi connectivity index (χ1v) is 8.00. The molecule has 0 spiro atoms. The van der Waals surface area contributed by atoms with Crippen molar-refractivity contribution in [2.24, 2.45) is 0 Å². The lowest BCUT2D eigenvalue weighted by molar-refractivity contribution is -0.127. The molecule has 2 aromatic heterocycles. The van der Waals surface area contributed by atoms with E-state index in [0.717, 1.165) is 0 Å². The number of para-hydroxylation sites is 1. The molecule has 0 saturated heterocycles. The Kier molecular flexibility index (Phi) is 5.08. The number of hydrogen-bond donors (Lipinski definition) is 1. The molecule has 0 aliphatic heterocycles. The lowest BCUT2D eigenvalue weighted by Crippen LogP contribution is -2.36. The first-order valence-electron chi connectivity index (χ1n) is 8.00. The molecule has 130 valence electrons. The summed E-state index contributed by atoms with van der Waals surface area (Å²) in [6.07, 6.45) is 2.71. The molecule has 0 aliphatic rings. The van der Waals surface area contributed by atoms with Gasteiger partial charge in [0.25, 0.3) is 11.8 Å². The third-order valence-corrected chi connectivity index (χ3v) is 3.49. The van der Waals surface area contributed by atoms with Crippen LogP contribution in [-0.4, -0.2) is 38.2 Å². The Morgan fingerprint density at radius 3 is 2.84 bits per heavy atom. The molecular formula is C17H19N5O3. The van der Waals surface area contributed by atoms with Crippen molar-refractivity contribution in [3.8, 4) is 11.6 Å². The minimum Gasteiger partial charge on any atom is -0.481 e. The number of hydrogen-bond acceptors (Lipinski definition) is 6. The van der Waals surface area contributed by atoms with Crippen LogP contribution in [0.2, 0.25) is 0 Å². The number of benzene rings is 1. The van der Waals surface area contributed by atoms with E-state index in [9.17, 15) is 4.79 Å². The van der Waals surface area contributed by atoms with E-state index in [4.69, 9.17) is 9.47 Å². The molecule has 8 nitrogen and oxygen atoms in total. The zero-order chi connectivity index (χ0) is 17.6. The molecule has 0 unspecified atom stereocenters. The Labute approximate surface area is 144 Å². The van der Waals surface area contributed by atoms with Crippen LogP contribution in [0.1, 0.15) is 19.7 Å². The van der Waals surface area contributed by atoms with Crippen LogP contribution in [0, 0.1) is 0 Å². The summed E-state index contributed by atoms with van der Waals surface area (Å²) in [7, 11) is 0. The molecule has 0 aliphatic carbocycles. The smallest absolute Gasteiger partial charge is 0.261 e. The van der Waals surface area contributed by atoms with Gasteiger partial charge in [-0.05, 0) is 26.0 Å². The van der Waals surface area contributed by atoms with E-state index in [1.807, 2.05) is 25.1 Å². The van der Waals surface area contributed by atoms with Crippen molar-refractivity contribution in [2.75, 3.05) is 6.61 Å². The first-order chi connectivity index (χ1) is 12.2. The lowest BCUT2D eigenvalue weighted by atomic mass is 10.3. The van der Waals surface area contributed by atoms with Crippen LogP contribution in [0.3, 0.4) is 0 Å². The first kappa shape index (κ1) is 16.7. The summed E-state index contributed by atoms with van der Waals surface area (Å²) in [6.45, 7) is 4.27. The summed E-state index contributed by atoms with van der Waals surface area (Å²) in [4.78, 5) is 16.3. The number of carbonyl (C=O) groups excluding carboxylic acids is 1. The molecule has 1 aromatic carbocycles. The number of fused-ring (bicyclic) bond motifs is 1. The van der Waals surface area contributed by atoms with Crippen LogP contribution in [0.4, 0.5) is 0 Å². The fourth-order valence-electron chi connectivity index (χ4n) is 2.28. The summed E-state index contributed by atoms with van der Waals surface area (Å²) in [5.41, 5.74) is 0.516. The second-order valence-electron chi connectivity index (χ2n) is 5.27. The molecule has 1 amide bonds. The molecule has 0 bridgehead atoms. The molecular weight excluding hydrogens is 322 g/mol. The Balaban J connectivity index is 1.64. The maximum absolute atomic E-state index is 12.2. The Morgan fingerprint density at radius 1 is 1.28 bits per heavy atom. The molecule has 0 radical (unpaired) electrons. The summed E-state index contributed by atoms with van der Waals surface area (Å²) >= 11 is 0. The standard InChI is InChI=1S/C17H19N5O3/c1-3-24-17-15-21-20-14(22(15)10-9-18-17)11-19-16(23)12(2)25-13-7-5-4-6-8-13/h4-10,12H,3,11H2,1-2H3,(H,19,23)/t12-/m1/s1. The van der Waals surface area contributed by atoms with Gasteiger partial charge in [-0.2, -0.15) is 0 Å². The van der Waals surface area contributed by atoms with Gasteiger partial charge in [0.05, 0.1) is 13.2 Å². The highest BCUT2D eigenvalue weighted by molar-refractivity contribution is 5.80. The topological polar surface area (TPSA) is 90.6 Å². The maximum atomic E-state index is 12.2. The SMILES string of the molecule is CCOc1nccn2c(CNC(=O)[C@@H](C)Oc3ccccc3)nnc12. The predicted molar refractivity (Wildman–Crippen MR) is 90.3 cm³/mol. The van der Waals surface area contributed by atoms with Crippen molar-refractivity contribution in [3.05, 3.63) is 48.5 Å². The van der Waals surface area contributed by atoms with Crippen LogP contribution in [0.5, 0.6) is 11.6 Å². The van der Waals surface area contributed by atoms with Gasteiger partial charge in [-0.25, -0.2) is 4.98 Å². The van der Waals surface area contributed by atoms with Gasteiger partial charge in [0, 0.05) is 12.4 Å².